The molecule has 0 unspecified atom stereocenters. The number of aliphatic hydroxyl groups is 5. The Morgan fingerprint density at radius 3 is 2.44 bits per heavy atom. The zero-order valence-electron chi connectivity index (χ0n) is 43.6. The van der Waals surface area contributed by atoms with Crippen molar-refractivity contribution in [2.75, 3.05) is 25.6 Å². The topological polar surface area (TPSA) is 212 Å². The maximum absolute atomic E-state index is 16.1. The van der Waals surface area contributed by atoms with Gasteiger partial charge in [-0.1, -0.05) is 74.6 Å². The number of ether oxygens (including phenoxy) is 3. The summed E-state index contributed by atoms with van der Waals surface area (Å²) in [4.78, 5) is 44.4. The first-order chi connectivity index (χ1) is 36.1. The number of phenols is 1. The number of methoxy groups -OCH3 is 1. The molecule has 8 aliphatic rings. The number of aromatic hydroxyl groups is 1. The molecule has 5 aliphatic carbocycles. The summed E-state index contributed by atoms with van der Waals surface area (Å²) in [5.74, 6) is 3.68. The molecule has 7 N–H and O–H groups in total. The number of carbonyl (C=O) groups excluding carboxylic acids is 3. The number of anilines is 1. The Morgan fingerprint density at radius 1 is 0.853 bits per heavy atom. The molecule has 0 saturated heterocycles. The molecular weight excluding hydrogens is 951 g/mol. The second-order valence-electron chi connectivity index (χ2n) is 23.9. The van der Waals surface area contributed by atoms with Crippen LogP contribution < -0.4 is 10.1 Å². The number of aryl methyl sites for hydroxylation is 1. The van der Waals surface area contributed by atoms with E-state index in [4.69, 9.17) is 14.2 Å². The van der Waals surface area contributed by atoms with Crippen molar-refractivity contribution in [2.45, 2.75) is 183 Å². The van der Waals surface area contributed by atoms with Crippen LogP contribution >= 0.6 is 0 Å². The highest BCUT2D eigenvalue weighted by molar-refractivity contribution is 5.90. The number of esters is 2. The first-order valence-corrected chi connectivity index (χ1v) is 28.1. The quantitative estimate of drug-likeness (QED) is 0.0623. The van der Waals surface area contributed by atoms with E-state index in [0.29, 0.717) is 76.9 Å². The van der Waals surface area contributed by atoms with Gasteiger partial charge in [0.2, 0.25) is 0 Å². The van der Waals surface area contributed by atoms with E-state index < -0.39 is 59.2 Å². The van der Waals surface area contributed by atoms with Crippen LogP contribution in [-0.4, -0.2) is 98.1 Å². The first kappa shape index (κ1) is 52.0. The predicted octanol–water partition coefficient (Wildman–Crippen LogP) is 7.70. The summed E-state index contributed by atoms with van der Waals surface area (Å²) in [5.41, 5.74) is 3.91. The van der Waals surface area contributed by atoms with Gasteiger partial charge in [-0.05, 0) is 151 Å². The van der Waals surface area contributed by atoms with Gasteiger partial charge in [-0.2, -0.15) is 0 Å². The van der Waals surface area contributed by atoms with E-state index in [2.05, 4.69) is 35.4 Å². The minimum absolute atomic E-state index is 0.0169. The maximum atomic E-state index is 16.1. The van der Waals surface area contributed by atoms with E-state index in [0.717, 1.165) is 80.9 Å². The summed E-state index contributed by atoms with van der Waals surface area (Å²) < 4.78 is 18.5. The molecule has 75 heavy (non-hydrogen) atoms. The van der Waals surface area contributed by atoms with Gasteiger partial charge in [0.05, 0.1) is 31.7 Å². The molecule has 3 aromatic carbocycles. The van der Waals surface area contributed by atoms with Gasteiger partial charge in [0, 0.05) is 67.1 Å². The average Bonchev–Trinajstić information content (AvgIpc) is 3.57. The molecule has 11 rings (SSSR count). The molecule has 13 heteroatoms. The Morgan fingerprint density at radius 2 is 1.64 bits per heavy atom. The Hall–Kier alpha value is -5.07. The fraction of sp³-hybridized carbons (Fsp3) is 0.597. The lowest BCUT2D eigenvalue weighted by Crippen LogP contribution is -2.66. The lowest BCUT2D eigenvalue weighted by Gasteiger charge is -2.59. The van der Waals surface area contributed by atoms with Crippen molar-refractivity contribution in [3.05, 3.63) is 98.1 Å². The van der Waals surface area contributed by atoms with Crippen LogP contribution in [0.2, 0.25) is 0 Å². The molecule has 0 spiro atoms. The number of benzene rings is 3. The van der Waals surface area contributed by atoms with E-state index >= 15 is 4.79 Å². The number of aliphatic hydroxyl groups excluding tert-OH is 3. The summed E-state index contributed by atoms with van der Waals surface area (Å²) >= 11 is 0. The molecule has 3 heterocycles. The number of Topliss-reactive ketones (excluding diaryl/α,β-unsaturated/α-hetero) is 1. The van der Waals surface area contributed by atoms with E-state index in [9.17, 15) is 40.2 Å². The highest BCUT2D eigenvalue weighted by atomic mass is 16.6. The average molecular weight is 1030 g/mol. The third-order valence-electron chi connectivity index (χ3n) is 19.3. The molecule has 3 aromatic rings. The third kappa shape index (κ3) is 9.86. The minimum Gasteiger partial charge on any atom is -0.507 e. The largest absolute Gasteiger partial charge is 0.507 e. The summed E-state index contributed by atoms with van der Waals surface area (Å²) in [6, 6.07) is 13.6. The normalized spacial score (nSPS) is 32.8. The van der Waals surface area contributed by atoms with Gasteiger partial charge in [0.25, 0.3) is 0 Å². The summed E-state index contributed by atoms with van der Waals surface area (Å²) in [7, 11) is 1.44. The Bertz CT molecular complexity index is 2820. The minimum atomic E-state index is -1.61. The van der Waals surface area contributed by atoms with Crippen LogP contribution in [0.25, 0.3) is 0 Å². The van der Waals surface area contributed by atoms with Gasteiger partial charge in [-0.15, -0.1) is 0 Å². The van der Waals surface area contributed by atoms with Crippen molar-refractivity contribution in [3.63, 3.8) is 0 Å². The Balaban J connectivity index is 1.14. The molecule has 400 valence electrons. The van der Waals surface area contributed by atoms with E-state index in [1.165, 1.54) is 14.0 Å². The first-order valence-electron chi connectivity index (χ1n) is 28.1. The third-order valence-corrected chi connectivity index (χ3v) is 19.3. The second-order valence-corrected chi connectivity index (χ2v) is 23.9. The van der Waals surface area contributed by atoms with Crippen molar-refractivity contribution >= 4 is 23.4 Å². The fourth-order valence-corrected chi connectivity index (χ4v) is 15.4. The molecule has 12 atom stereocenters. The molecule has 0 amide bonds. The van der Waals surface area contributed by atoms with Crippen LogP contribution in [-0.2, 0) is 56.1 Å². The molecule has 4 saturated carbocycles. The monoisotopic (exact) mass is 1030 g/mol. The molecule has 0 aromatic heterocycles. The van der Waals surface area contributed by atoms with Gasteiger partial charge < -0.3 is 50.2 Å². The molecule has 11 bridgehead atoms. The van der Waals surface area contributed by atoms with Gasteiger partial charge in [-0.25, -0.2) is 4.79 Å². The number of hydrogen-bond acceptors (Lipinski definition) is 13. The van der Waals surface area contributed by atoms with Gasteiger partial charge in [0.1, 0.15) is 40.7 Å². The van der Waals surface area contributed by atoms with Crippen LogP contribution in [0, 0.1) is 41.4 Å². The fourth-order valence-electron chi connectivity index (χ4n) is 15.4. The number of fused-ring (bicyclic) bond motifs is 10. The Labute approximate surface area is 440 Å². The van der Waals surface area contributed by atoms with Gasteiger partial charge >= 0.3 is 11.9 Å². The summed E-state index contributed by atoms with van der Waals surface area (Å²) in [6.07, 6.45) is 7.51. The smallest absolute Gasteiger partial charge is 0.334 e. The number of ketones is 1. The van der Waals surface area contributed by atoms with E-state index in [-0.39, 0.29) is 92.1 Å². The molecular formula is C62H75NO12. The summed E-state index contributed by atoms with van der Waals surface area (Å²) in [5, 5.41) is 75.8. The van der Waals surface area contributed by atoms with Gasteiger partial charge in [-0.3, -0.25) is 9.59 Å². The lowest BCUT2D eigenvalue weighted by atomic mass is 9.48. The van der Waals surface area contributed by atoms with Crippen molar-refractivity contribution in [1.82, 2.24) is 0 Å². The van der Waals surface area contributed by atoms with E-state index in [1.807, 2.05) is 18.2 Å². The van der Waals surface area contributed by atoms with Crippen LogP contribution in [0.5, 0.6) is 11.5 Å². The van der Waals surface area contributed by atoms with Gasteiger partial charge in [0.15, 0.2) is 0 Å². The van der Waals surface area contributed by atoms with Crippen molar-refractivity contribution < 1.29 is 59.2 Å². The number of nitrogens with one attached hydrogen (secondary N) is 1. The highest BCUT2D eigenvalue weighted by Crippen LogP contribution is 2.59. The Kier molecular flexibility index (Phi) is 14.6. The number of phenolic OH excluding ortho intramolecular Hbond substituents is 1. The number of carbonyl (C=O) groups is 3. The zero-order valence-corrected chi connectivity index (χ0v) is 43.6. The molecule has 13 nitrogen and oxygen atoms in total. The van der Waals surface area contributed by atoms with Crippen LogP contribution in [0.4, 0.5) is 5.69 Å². The second kappa shape index (κ2) is 21.0. The maximum Gasteiger partial charge on any atom is 0.334 e. The molecule has 4 fully saturated rings. The summed E-state index contributed by atoms with van der Waals surface area (Å²) in [6.45, 7) is 0.973. The highest BCUT2D eigenvalue weighted by Gasteiger charge is 2.62. The number of hydrogen-bond donors (Lipinski definition) is 7. The van der Waals surface area contributed by atoms with Crippen LogP contribution in [0.3, 0.4) is 0 Å². The zero-order chi connectivity index (χ0) is 52.3. The van der Waals surface area contributed by atoms with Crippen molar-refractivity contribution in [3.8, 4) is 23.3 Å². The van der Waals surface area contributed by atoms with E-state index in [1.54, 1.807) is 6.07 Å². The SMILES string of the molecule is COC[C@H](O)[C@@](C)(O)CNc1cc(CO)cc([C@H]2C#C[C@@H]3CC(=O)Oc4c3cc(c(O)c4C3CCCCC3)C[C@H]3OC(=O)/C(=C4\CCc5ccc(cc5C[C@@H]4O)C[C@@H]4C(=O)CC[C@@H]5[C@@H]4C[C@@H]4CCCC[C@@H]4[C@]53O)C2)c1. The number of rotatable bonds is 9. The van der Waals surface area contributed by atoms with Crippen molar-refractivity contribution in [2.24, 2.45) is 29.6 Å². The standard InChI is InChI=1S/C62H75NO12/c1-61(71,54(67)32-73-2)33-63-44-22-35(31-64)21-41(24-44)38-14-15-39-30-56(68)75-59-46(39)27-43(58(69)57(59)37-8-4-3-5-9-37)29-55-62(72)50-11-7-6-10-40(50)26-47-48(52(65)19-18-51(47)62)23-34-12-13-36-16-17-45(49(25-38)60(70)74-55)53(66)28-42(36)20-34/h12-13,20-22,24,27,37-40,47-48,50-51,53-55,63-64,66-67,69,71-72H,3-11,16-19,23,25-26,28-33H2,1-2H3/b49-45+/t38-,39+,40-,47+,48-,50-,51+,53-,54-,55+,61-,62-/m0/s1. The predicted molar refractivity (Wildman–Crippen MR) is 280 cm³/mol. The van der Waals surface area contributed by atoms with Crippen LogP contribution in [0.1, 0.15) is 165 Å². The molecule has 0 radical (unpaired) electrons. The lowest BCUT2D eigenvalue weighted by molar-refractivity contribution is -0.228. The molecule has 3 aliphatic heterocycles. The van der Waals surface area contributed by atoms with Crippen molar-refractivity contribution in [1.29, 1.82) is 0 Å². The van der Waals surface area contributed by atoms with Crippen LogP contribution in [0.15, 0.2) is 53.6 Å².